The first-order chi connectivity index (χ1) is 12.7. The van der Waals surface area contributed by atoms with Crippen molar-refractivity contribution >= 4 is 5.96 Å². The van der Waals surface area contributed by atoms with E-state index in [1.807, 2.05) is 0 Å². The van der Waals surface area contributed by atoms with Gasteiger partial charge in [0, 0.05) is 51.9 Å². The van der Waals surface area contributed by atoms with Crippen molar-refractivity contribution in [3.8, 4) is 0 Å². The quantitative estimate of drug-likeness (QED) is 0.286. The van der Waals surface area contributed by atoms with Crippen LogP contribution < -0.4 is 10.6 Å². The van der Waals surface area contributed by atoms with Crippen LogP contribution in [0.5, 0.6) is 0 Å². The number of hydrogen-bond acceptors (Lipinski definition) is 5. The topological polar surface area (TPSA) is 61.4 Å². The molecule has 1 unspecified atom stereocenters. The summed E-state index contributed by atoms with van der Waals surface area (Å²) in [6.07, 6.45) is 2.29. The van der Waals surface area contributed by atoms with Crippen LogP contribution in [0.3, 0.4) is 0 Å². The summed E-state index contributed by atoms with van der Waals surface area (Å²) in [5.41, 5.74) is 0. The van der Waals surface area contributed by atoms with Gasteiger partial charge in [-0.25, -0.2) is 0 Å². The molecule has 0 saturated carbocycles. The van der Waals surface area contributed by atoms with Crippen LogP contribution in [0.25, 0.3) is 0 Å². The number of unbranched alkanes of at least 4 members (excludes halogenated alkanes) is 1. The van der Waals surface area contributed by atoms with Gasteiger partial charge in [-0.05, 0) is 27.3 Å². The highest BCUT2D eigenvalue weighted by Crippen LogP contribution is 2.05. The summed E-state index contributed by atoms with van der Waals surface area (Å²) in [7, 11) is 2.19. The van der Waals surface area contributed by atoms with Gasteiger partial charge in [-0.3, -0.25) is 9.89 Å². The normalized spacial score (nSPS) is 18.1. The van der Waals surface area contributed by atoms with Gasteiger partial charge in [0.2, 0.25) is 0 Å². The van der Waals surface area contributed by atoms with E-state index in [2.05, 4.69) is 48.3 Å². The molecule has 0 radical (unpaired) electrons. The first-order valence-corrected chi connectivity index (χ1v) is 10.3. The molecule has 0 bridgehead atoms. The summed E-state index contributed by atoms with van der Waals surface area (Å²) in [6, 6.07) is 0.468. The number of aliphatic imine (C=N–C) groups is 1. The van der Waals surface area contributed by atoms with Gasteiger partial charge in [0.15, 0.2) is 5.96 Å². The van der Waals surface area contributed by atoms with Crippen molar-refractivity contribution in [3.63, 3.8) is 0 Å². The Morgan fingerprint density at radius 1 is 1.00 bits per heavy atom. The van der Waals surface area contributed by atoms with E-state index in [1.165, 1.54) is 6.42 Å². The minimum absolute atomic E-state index is 0.468. The highest BCUT2D eigenvalue weighted by Gasteiger charge is 2.18. The number of rotatable bonds is 13. The molecule has 0 aromatic heterocycles. The van der Waals surface area contributed by atoms with Crippen LogP contribution in [0.15, 0.2) is 4.99 Å². The van der Waals surface area contributed by atoms with E-state index >= 15 is 0 Å². The number of guanidine groups is 1. The van der Waals surface area contributed by atoms with Crippen LogP contribution in [0.4, 0.5) is 0 Å². The third kappa shape index (κ3) is 11.0. The molecule has 1 aliphatic rings. The third-order valence-electron chi connectivity index (χ3n) is 4.57. The van der Waals surface area contributed by atoms with Crippen LogP contribution in [0, 0.1) is 0 Å². The van der Waals surface area contributed by atoms with Gasteiger partial charge in [0.25, 0.3) is 0 Å². The Hall–Kier alpha value is -0.890. The molecule has 0 aliphatic carbocycles. The molecule has 154 valence electrons. The van der Waals surface area contributed by atoms with Crippen LogP contribution in [0.2, 0.25) is 0 Å². The molecule has 7 nitrogen and oxygen atoms in total. The summed E-state index contributed by atoms with van der Waals surface area (Å²) >= 11 is 0. The molecule has 1 atom stereocenters. The molecule has 1 fully saturated rings. The van der Waals surface area contributed by atoms with E-state index in [-0.39, 0.29) is 0 Å². The molecule has 7 heteroatoms. The van der Waals surface area contributed by atoms with Crippen molar-refractivity contribution in [1.29, 1.82) is 0 Å². The van der Waals surface area contributed by atoms with E-state index in [0.717, 1.165) is 64.8 Å². The lowest BCUT2D eigenvalue weighted by Gasteiger charge is -2.35. The second-order valence-corrected chi connectivity index (χ2v) is 6.91. The van der Waals surface area contributed by atoms with Gasteiger partial charge < -0.3 is 25.0 Å². The Bertz CT molecular complexity index is 360. The Labute approximate surface area is 160 Å². The standard InChI is InChI=1S/C19H41N5O2/c1-5-7-13-25-15-16-26-14-8-21-19(20-6-2)22-17-18(3)24-11-9-23(4)10-12-24/h18H,5-17H2,1-4H3,(H2,20,21,22). The summed E-state index contributed by atoms with van der Waals surface area (Å²) in [6.45, 7) is 16.3. The van der Waals surface area contributed by atoms with Gasteiger partial charge in [0.05, 0.1) is 26.4 Å². The molecule has 1 rings (SSSR count). The second-order valence-electron chi connectivity index (χ2n) is 6.91. The maximum Gasteiger partial charge on any atom is 0.191 e. The van der Waals surface area contributed by atoms with Crippen LogP contribution in [-0.4, -0.2) is 101 Å². The summed E-state index contributed by atoms with van der Waals surface area (Å²) in [5, 5.41) is 6.65. The first kappa shape index (κ1) is 23.1. The predicted octanol–water partition coefficient (Wildman–Crippen LogP) is 1.01. The average molecular weight is 372 g/mol. The van der Waals surface area contributed by atoms with Gasteiger partial charge >= 0.3 is 0 Å². The molecule has 1 saturated heterocycles. The van der Waals surface area contributed by atoms with Crippen molar-refractivity contribution in [1.82, 2.24) is 20.4 Å². The molecule has 1 aliphatic heterocycles. The summed E-state index contributed by atoms with van der Waals surface area (Å²) < 4.78 is 11.1. The molecule has 0 aromatic rings. The number of nitrogens with zero attached hydrogens (tertiary/aromatic N) is 3. The minimum atomic E-state index is 0.468. The van der Waals surface area contributed by atoms with Crippen LogP contribution >= 0.6 is 0 Å². The maximum absolute atomic E-state index is 5.59. The summed E-state index contributed by atoms with van der Waals surface area (Å²) in [5.74, 6) is 0.872. The van der Waals surface area contributed by atoms with Gasteiger partial charge in [-0.15, -0.1) is 0 Å². The minimum Gasteiger partial charge on any atom is -0.379 e. The van der Waals surface area contributed by atoms with Gasteiger partial charge in [-0.2, -0.15) is 0 Å². The van der Waals surface area contributed by atoms with Crippen molar-refractivity contribution in [3.05, 3.63) is 0 Å². The molecule has 0 spiro atoms. The fourth-order valence-corrected chi connectivity index (χ4v) is 2.75. The predicted molar refractivity (Wildman–Crippen MR) is 109 cm³/mol. The van der Waals surface area contributed by atoms with Crippen molar-refractivity contribution in [2.24, 2.45) is 4.99 Å². The highest BCUT2D eigenvalue weighted by molar-refractivity contribution is 5.79. The van der Waals surface area contributed by atoms with Crippen molar-refractivity contribution in [2.75, 3.05) is 79.3 Å². The third-order valence-corrected chi connectivity index (χ3v) is 4.57. The Kier molecular flexibility index (Phi) is 13.5. The van der Waals surface area contributed by atoms with E-state index in [9.17, 15) is 0 Å². The van der Waals surface area contributed by atoms with Gasteiger partial charge in [0.1, 0.15) is 0 Å². The zero-order chi connectivity index (χ0) is 19.0. The average Bonchev–Trinajstić information content (AvgIpc) is 2.65. The molecule has 26 heavy (non-hydrogen) atoms. The number of likely N-dealkylation sites (N-methyl/N-ethyl adjacent to an activating group) is 1. The molecule has 2 N–H and O–H groups in total. The highest BCUT2D eigenvalue weighted by atomic mass is 16.5. The lowest BCUT2D eigenvalue weighted by Crippen LogP contribution is -2.49. The number of piperazine rings is 1. The Morgan fingerprint density at radius 3 is 2.35 bits per heavy atom. The zero-order valence-corrected chi connectivity index (χ0v) is 17.4. The van der Waals surface area contributed by atoms with E-state index in [1.54, 1.807) is 0 Å². The number of nitrogens with one attached hydrogen (secondary N) is 2. The lowest BCUT2D eigenvalue weighted by molar-refractivity contribution is 0.0487. The molecule has 0 aromatic carbocycles. The second kappa shape index (κ2) is 15.2. The van der Waals surface area contributed by atoms with Crippen LogP contribution in [0.1, 0.15) is 33.6 Å². The molecular formula is C19H41N5O2. The summed E-state index contributed by atoms with van der Waals surface area (Å²) in [4.78, 5) is 9.64. The Balaban J connectivity index is 2.16. The van der Waals surface area contributed by atoms with Crippen LogP contribution in [-0.2, 0) is 9.47 Å². The first-order valence-electron chi connectivity index (χ1n) is 10.3. The lowest BCUT2D eigenvalue weighted by atomic mass is 10.2. The zero-order valence-electron chi connectivity index (χ0n) is 17.4. The van der Waals surface area contributed by atoms with E-state index in [0.29, 0.717) is 25.9 Å². The molecule has 0 amide bonds. The van der Waals surface area contributed by atoms with Crippen molar-refractivity contribution < 1.29 is 9.47 Å². The molecular weight excluding hydrogens is 330 g/mol. The largest absolute Gasteiger partial charge is 0.379 e. The Morgan fingerprint density at radius 2 is 1.69 bits per heavy atom. The number of ether oxygens (including phenoxy) is 2. The fourth-order valence-electron chi connectivity index (χ4n) is 2.75. The monoisotopic (exact) mass is 371 g/mol. The van der Waals surface area contributed by atoms with E-state index in [4.69, 9.17) is 14.5 Å². The SMILES string of the molecule is CCCCOCCOCCNC(=NCC(C)N1CCN(C)CC1)NCC. The number of hydrogen-bond donors (Lipinski definition) is 2. The van der Waals surface area contributed by atoms with Gasteiger partial charge in [-0.1, -0.05) is 13.3 Å². The fraction of sp³-hybridized carbons (Fsp3) is 0.947. The smallest absolute Gasteiger partial charge is 0.191 e. The van der Waals surface area contributed by atoms with E-state index < -0.39 is 0 Å². The maximum atomic E-state index is 5.59. The molecule has 1 heterocycles. The van der Waals surface area contributed by atoms with Crippen molar-refractivity contribution in [2.45, 2.75) is 39.7 Å².